The largest absolute Gasteiger partial charge is 0.261 e. The monoisotopic (exact) mass is 293 g/mol. The van der Waals surface area contributed by atoms with E-state index in [4.69, 9.17) is 0 Å². The highest BCUT2D eigenvalue weighted by Crippen LogP contribution is 2.10. The smallest absolute Gasteiger partial charge is 0.154 e. The molecule has 0 amide bonds. The second-order valence-electron chi connectivity index (χ2n) is 4.69. The highest BCUT2D eigenvalue weighted by molar-refractivity contribution is 7.90. The molecule has 0 aliphatic rings. The van der Waals surface area contributed by atoms with Gasteiger partial charge in [0, 0.05) is 6.20 Å². The van der Waals surface area contributed by atoms with Crippen molar-refractivity contribution in [2.45, 2.75) is 18.6 Å². The van der Waals surface area contributed by atoms with Gasteiger partial charge in [-0.3, -0.25) is 4.98 Å². The molecule has 0 aliphatic heterocycles. The lowest BCUT2D eigenvalue weighted by atomic mass is 10.1. The Labute approximate surface area is 118 Å². The van der Waals surface area contributed by atoms with Gasteiger partial charge in [-0.05, 0) is 30.0 Å². The molecular weight excluding hydrogens is 277 g/mol. The summed E-state index contributed by atoms with van der Waals surface area (Å²) in [5.41, 5.74) is 1.51. The van der Waals surface area contributed by atoms with Crippen molar-refractivity contribution in [2.75, 3.05) is 5.75 Å². The number of aryl methyl sites for hydroxylation is 1. The van der Waals surface area contributed by atoms with Gasteiger partial charge in [0.25, 0.3) is 0 Å². The molecule has 0 unspecified atom stereocenters. The molecule has 0 N–H and O–H groups in total. The van der Waals surface area contributed by atoms with Gasteiger partial charge >= 0.3 is 0 Å². The molecule has 0 radical (unpaired) electrons. The minimum absolute atomic E-state index is 0.0956. The summed E-state index contributed by atoms with van der Waals surface area (Å²) in [5, 5.41) is 0. The van der Waals surface area contributed by atoms with E-state index < -0.39 is 15.7 Å². The van der Waals surface area contributed by atoms with Crippen LogP contribution >= 0.6 is 0 Å². The molecule has 0 saturated carbocycles. The van der Waals surface area contributed by atoms with Crippen molar-refractivity contribution >= 4 is 9.84 Å². The molecule has 3 nitrogen and oxygen atoms in total. The molecular formula is C15H16FNO2S. The van der Waals surface area contributed by atoms with Crippen LogP contribution < -0.4 is 0 Å². The molecule has 1 aromatic heterocycles. The molecule has 0 saturated heterocycles. The van der Waals surface area contributed by atoms with Gasteiger partial charge in [-0.1, -0.05) is 30.3 Å². The highest BCUT2D eigenvalue weighted by Gasteiger charge is 2.12. The van der Waals surface area contributed by atoms with Crippen molar-refractivity contribution in [3.63, 3.8) is 0 Å². The predicted molar refractivity (Wildman–Crippen MR) is 76.4 cm³/mol. The van der Waals surface area contributed by atoms with Crippen LogP contribution in [0.15, 0.2) is 48.8 Å². The Morgan fingerprint density at radius 3 is 2.50 bits per heavy atom. The molecule has 0 atom stereocenters. The first-order valence-corrected chi connectivity index (χ1v) is 8.21. The summed E-state index contributed by atoms with van der Waals surface area (Å²) in [6, 6.07) is 11.0. The van der Waals surface area contributed by atoms with Crippen molar-refractivity contribution in [1.29, 1.82) is 0 Å². The topological polar surface area (TPSA) is 47.0 Å². The summed E-state index contributed by atoms with van der Waals surface area (Å²) < 4.78 is 36.9. The zero-order valence-corrected chi connectivity index (χ0v) is 11.8. The second-order valence-corrected chi connectivity index (χ2v) is 6.88. The van der Waals surface area contributed by atoms with E-state index in [1.807, 2.05) is 30.3 Å². The van der Waals surface area contributed by atoms with E-state index in [1.54, 1.807) is 0 Å². The highest BCUT2D eigenvalue weighted by atomic mass is 32.2. The van der Waals surface area contributed by atoms with Crippen LogP contribution in [-0.4, -0.2) is 19.2 Å². The molecule has 0 bridgehead atoms. The van der Waals surface area contributed by atoms with E-state index in [1.165, 1.54) is 12.3 Å². The van der Waals surface area contributed by atoms with Crippen molar-refractivity contribution in [3.8, 4) is 0 Å². The first-order chi connectivity index (χ1) is 9.55. The molecule has 2 rings (SSSR count). The van der Waals surface area contributed by atoms with Gasteiger partial charge in [-0.15, -0.1) is 0 Å². The average molecular weight is 293 g/mol. The summed E-state index contributed by atoms with van der Waals surface area (Å²) in [4.78, 5) is 3.66. The normalized spacial score (nSPS) is 11.4. The fourth-order valence-electron chi connectivity index (χ4n) is 2.00. The number of sulfone groups is 1. The van der Waals surface area contributed by atoms with Crippen LogP contribution in [0.3, 0.4) is 0 Å². The van der Waals surface area contributed by atoms with Gasteiger partial charge in [-0.25, -0.2) is 12.8 Å². The van der Waals surface area contributed by atoms with Crippen LogP contribution in [-0.2, 0) is 22.0 Å². The lowest BCUT2D eigenvalue weighted by molar-refractivity contribution is 0.591. The number of hydrogen-bond donors (Lipinski definition) is 0. The Morgan fingerprint density at radius 2 is 1.80 bits per heavy atom. The summed E-state index contributed by atoms with van der Waals surface area (Å²) in [6.45, 7) is 0. The van der Waals surface area contributed by atoms with Crippen LogP contribution in [0.1, 0.15) is 17.5 Å². The Morgan fingerprint density at radius 1 is 1.05 bits per heavy atom. The quantitative estimate of drug-likeness (QED) is 0.822. The van der Waals surface area contributed by atoms with Crippen LogP contribution in [0.5, 0.6) is 0 Å². The van der Waals surface area contributed by atoms with Gasteiger partial charge in [0.15, 0.2) is 9.84 Å². The van der Waals surface area contributed by atoms with E-state index in [-0.39, 0.29) is 11.5 Å². The lowest BCUT2D eigenvalue weighted by Gasteiger charge is -2.05. The first-order valence-electron chi connectivity index (χ1n) is 6.39. The maximum absolute atomic E-state index is 13.0. The fourth-order valence-corrected chi connectivity index (χ4v) is 3.40. The van der Waals surface area contributed by atoms with Gasteiger partial charge in [0.2, 0.25) is 0 Å². The van der Waals surface area contributed by atoms with Crippen LogP contribution in [0.25, 0.3) is 0 Å². The summed E-state index contributed by atoms with van der Waals surface area (Å²) in [5.74, 6) is -0.577. The molecule has 2 aromatic rings. The molecule has 0 aliphatic carbocycles. The van der Waals surface area contributed by atoms with Crippen LogP contribution in [0.4, 0.5) is 4.39 Å². The molecule has 1 heterocycles. The SMILES string of the molecule is O=S(=O)(CCCc1ccccc1)Cc1cncc(F)c1. The van der Waals surface area contributed by atoms with E-state index in [0.717, 1.165) is 18.2 Å². The number of aromatic nitrogens is 1. The van der Waals surface area contributed by atoms with E-state index in [0.29, 0.717) is 12.0 Å². The zero-order valence-electron chi connectivity index (χ0n) is 11.0. The third-order valence-corrected chi connectivity index (χ3v) is 4.60. The molecule has 0 spiro atoms. The van der Waals surface area contributed by atoms with Gasteiger partial charge in [0.05, 0.1) is 17.7 Å². The Balaban J connectivity index is 1.88. The Bertz CT molecular complexity index is 657. The standard InChI is InChI=1S/C15H16FNO2S/c16-15-9-14(10-17-11-15)12-20(18,19)8-4-7-13-5-2-1-3-6-13/h1-3,5-6,9-11H,4,7-8,12H2. The minimum atomic E-state index is -3.23. The third-order valence-electron chi connectivity index (χ3n) is 2.91. The van der Waals surface area contributed by atoms with Gasteiger partial charge in [0.1, 0.15) is 5.82 Å². The Kier molecular flexibility index (Phi) is 4.84. The zero-order chi connectivity index (χ0) is 14.4. The van der Waals surface area contributed by atoms with E-state index >= 15 is 0 Å². The molecule has 0 fully saturated rings. The number of hydrogen-bond acceptors (Lipinski definition) is 3. The van der Waals surface area contributed by atoms with E-state index in [9.17, 15) is 12.8 Å². The minimum Gasteiger partial charge on any atom is -0.261 e. The number of pyridine rings is 1. The van der Waals surface area contributed by atoms with Crippen molar-refractivity contribution in [3.05, 3.63) is 65.7 Å². The maximum atomic E-state index is 13.0. The average Bonchev–Trinajstić information content (AvgIpc) is 2.39. The van der Waals surface area contributed by atoms with Crippen LogP contribution in [0, 0.1) is 5.82 Å². The molecule has 20 heavy (non-hydrogen) atoms. The molecule has 1 aromatic carbocycles. The van der Waals surface area contributed by atoms with Crippen LogP contribution in [0.2, 0.25) is 0 Å². The predicted octanol–water partition coefficient (Wildman–Crippen LogP) is 2.77. The number of rotatable bonds is 6. The number of halogens is 1. The van der Waals surface area contributed by atoms with Gasteiger partial charge in [-0.2, -0.15) is 0 Å². The lowest BCUT2D eigenvalue weighted by Crippen LogP contribution is -2.10. The van der Waals surface area contributed by atoms with Crippen molar-refractivity contribution in [1.82, 2.24) is 4.98 Å². The number of benzene rings is 1. The first kappa shape index (κ1) is 14.7. The third kappa shape index (κ3) is 4.74. The fraction of sp³-hybridized carbons (Fsp3) is 0.267. The van der Waals surface area contributed by atoms with Gasteiger partial charge < -0.3 is 0 Å². The molecule has 106 valence electrons. The summed E-state index contributed by atoms with van der Waals surface area (Å²) in [7, 11) is -3.23. The number of nitrogens with zero attached hydrogens (tertiary/aromatic N) is 1. The summed E-state index contributed by atoms with van der Waals surface area (Å²) >= 11 is 0. The Hall–Kier alpha value is -1.75. The van der Waals surface area contributed by atoms with Crippen molar-refractivity contribution < 1.29 is 12.8 Å². The molecule has 5 heteroatoms. The van der Waals surface area contributed by atoms with E-state index in [2.05, 4.69) is 4.98 Å². The summed E-state index contributed by atoms with van der Waals surface area (Å²) in [6.07, 6.45) is 3.74. The second kappa shape index (κ2) is 6.61. The van der Waals surface area contributed by atoms with Crippen molar-refractivity contribution in [2.24, 2.45) is 0 Å². The maximum Gasteiger partial charge on any atom is 0.154 e.